The van der Waals surface area contributed by atoms with Gasteiger partial charge in [0.2, 0.25) is 0 Å². The van der Waals surface area contributed by atoms with Gasteiger partial charge in [-0.1, -0.05) is 11.8 Å². The lowest BCUT2D eigenvalue weighted by Gasteiger charge is -2.05. The van der Waals surface area contributed by atoms with Gasteiger partial charge in [0.05, 0.1) is 30.9 Å². The number of hydrogen-bond acceptors (Lipinski definition) is 4. The van der Waals surface area contributed by atoms with Gasteiger partial charge in [0.15, 0.2) is 11.5 Å². The lowest BCUT2D eigenvalue weighted by atomic mass is 10.1. The van der Waals surface area contributed by atoms with Gasteiger partial charge < -0.3 is 15.6 Å². The van der Waals surface area contributed by atoms with Crippen molar-refractivity contribution in [3.63, 3.8) is 0 Å². The van der Waals surface area contributed by atoms with Crippen molar-refractivity contribution in [1.29, 1.82) is 5.26 Å². The molecule has 0 amide bonds. The molecule has 0 unspecified atom stereocenters. The first kappa shape index (κ1) is 10.9. The van der Waals surface area contributed by atoms with Crippen LogP contribution in [0, 0.1) is 23.2 Å². The number of ether oxygens (including phenoxy) is 1. The lowest BCUT2D eigenvalue weighted by molar-refractivity contribution is 0.372. The van der Waals surface area contributed by atoms with Crippen LogP contribution in [0.2, 0.25) is 0 Å². The summed E-state index contributed by atoms with van der Waals surface area (Å²) >= 11 is 0. The molecule has 0 saturated carbocycles. The normalized spacial score (nSPS) is 8.60. The third-order valence-corrected chi connectivity index (χ3v) is 1.75. The minimum absolute atomic E-state index is 0.0718. The Kier molecular flexibility index (Phi) is 3.56. The molecule has 0 aliphatic carbocycles. The molecule has 0 aliphatic heterocycles. The fraction of sp³-hybridized carbons (Fsp3) is 0.182. The topological polar surface area (TPSA) is 79.3 Å². The fourth-order valence-corrected chi connectivity index (χ4v) is 1.07. The van der Waals surface area contributed by atoms with Gasteiger partial charge in [0.1, 0.15) is 0 Å². The third-order valence-electron chi connectivity index (χ3n) is 1.75. The Morgan fingerprint density at radius 2 is 2.27 bits per heavy atom. The zero-order valence-electron chi connectivity index (χ0n) is 8.24. The molecule has 0 radical (unpaired) electrons. The number of phenols is 1. The highest BCUT2D eigenvalue weighted by molar-refractivity contribution is 5.57. The van der Waals surface area contributed by atoms with E-state index in [1.165, 1.54) is 19.2 Å². The maximum absolute atomic E-state index is 9.66. The van der Waals surface area contributed by atoms with Gasteiger partial charge in [0.25, 0.3) is 0 Å². The number of nitriles is 1. The van der Waals surface area contributed by atoms with Crippen LogP contribution in [0.4, 0.5) is 0 Å². The van der Waals surface area contributed by atoms with Crippen LogP contribution in [0.5, 0.6) is 11.5 Å². The summed E-state index contributed by atoms with van der Waals surface area (Å²) < 4.78 is 4.91. The van der Waals surface area contributed by atoms with Crippen LogP contribution in [0.1, 0.15) is 11.1 Å². The average molecular weight is 202 g/mol. The van der Waals surface area contributed by atoms with Crippen molar-refractivity contribution in [1.82, 2.24) is 0 Å². The summed E-state index contributed by atoms with van der Waals surface area (Å²) in [6, 6.07) is 4.89. The van der Waals surface area contributed by atoms with Crippen molar-refractivity contribution in [2.45, 2.75) is 0 Å². The number of hydrogen-bond donors (Lipinski definition) is 2. The summed E-state index contributed by atoms with van der Waals surface area (Å²) in [5.74, 6) is 5.43. The monoisotopic (exact) mass is 202 g/mol. The number of methoxy groups -OCH3 is 1. The molecule has 0 aromatic heterocycles. The first-order valence-corrected chi connectivity index (χ1v) is 4.23. The van der Waals surface area contributed by atoms with Crippen molar-refractivity contribution in [2.24, 2.45) is 5.73 Å². The molecule has 0 fully saturated rings. The molecule has 0 bridgehead atoms. The molecule has 4 nitrogen and oxygen atoms in total. The summed E-state index contributed by atoms with van der Waals surface area (Å²) in [7, 11) is 1.41. The Labute approximate surface area is 87.9 Å². The minimum atomic E-state index is -0.0718. The van der Waals surface area contributed by atoms with Crippen molar-refractivity contribution in [3.8, 4) is 29.4 Å². The maximum Gasteiger partial charge on any atom is 0.173 e. The first-order chi connectivity index (χ1) is 7.22. The summed E-state index contributed by atoms with van der Waals surface area (Å²) in [6.45, 7) is 0.193. The molecule has 76 valence electrons. The number of benzene rings is 1. The van der Waals surface area contributed by atoms with E-state index in [1.807, 2.05) is 6.07 Å². The summed E-state index contributed by atoms with van der Waals surface area (Å²) in [6.07, 6.45) is 0. The molecule has 0 atom stereocenters. The van der Waals surface area contributed by atoms with Gasteiger partial charge >= 0.3 is 0 Å². The Hall–Kier alpha value is -2.17. The smallest absolute Gasteiger partial charge is 0.173 e. The molecule has 1 aromatic carbocycles. The van der Waals surface area contributed by atoms with E-state index >= 15 is 0 Å². The molecule has 4 heteroatoms. The number of nitrogens with two attached hydrogens (primary N) is 1. The molecule has 0 aliphatic rings. The second-order valence-corrected chi connectivity index (χ2v) is 2.69. The van der Waals surface area contributed by atoms with Crippen LogP contribution in [0.15, 0.2) is 12.1 Å². The fourth-order valence-electron chi connectivity index (χ4n) is 1.07. The van der Waals surface area contributed by atoms with E-state index in [4.69, 9.17) is 15.7 Å². The quantitative estimate of drug-likeness (QED) is 0.653. The van der Waals surface area contributed by atoms with Crippen LogP contribution in [0.3, 0.4) is 0 Å². The number of nitrogens with zero attached hydrogens (tertiary/aromatic N) is 1. The molecule has 0 heterocycles. The zero-order valence-corrected chi connectivity index (χ0v) is 8.24. The average Bonchev–Trinajstić information content (AvgIpc) is 2.27. The predicted molar refractivity (Wildman–Crippen MR) is 55.3 cm³/mol. The van der Waals surface area contributed by atoms with Gasteiger partial charge in [-0.05, 0) is 6.07 Å². The van der Waals surface area contributed by atoms with Crippen molar-refractivity contribution >= 4 is 0 Å². The van der Waals surface area contributed by atoms with Gasteiger partial charge in [-0.3, -0.25) is 0 Å². The zero-order chi connectivity index (χ0) is 11.3. The van der Waals surface area contributed by atoms with Gasteiger partial charge in [-0.2, -0.15) is 5.26 Å². The van der Waals surface area contributed by atoms with Gasteiger partial charge in [-0.15, -0.1) is 0 Å². The van der Waals surface area contributed by atoms with E-state index in [-0.39, 0.29) is 18.0 Å². The molecule has 0 saturated heterocycles. The summed E-state index contributed by atoms with van der Waals surface area (Å²) in [5.41, 5.74) is 5.94. The van der Waals surface area contributed by atoms with E-state index < -0.39 is 0 Å². The molecule has 15 heavy (non-hydrogen) atoms. The highest BCUT2D eigenvalue weighted by Crippen LogP contribution is 2.30. The SMILES string of the molecule is COc1cc(C#N)cc(C#CCN)c1O. The predicted octanol–water partition coefficient (Wildman–Crippen LogP) is 0.583. The standard InChI is InChI=1S/C11H10N2O2/c1-15-10-6-8(7-13)5-9(11(10)14)3-2-4-12/h5-6,14H,4,12H2,1H3. The van der Waals surface area contributed by atoms with E-state index in [0.717, 1.165) is 0 Å². The van der Waals surface area contributed by atoms with Gasteiger partial charge in [0, 0.05) is 6.07 Å². The molecule has 3 N–H and O–H groups in total. The van der Waals surface area contributed by atoms with Crippen LogP contribution >= 0.6 is 0 Å². The maximum atomic E-state index is 9.66. The minimum Gasteiger partial charge on any atom is -0.503 e. The lowest BCUT2D eigenvalue weighted by Crippen LogP contribution is -1.94. The Morgan fingerprint density at radius 3 is 2.80 bits per heavy atom. The molecule has 1 aromatic rings. The Balaban J connectivity index is 3.32. The van der Waals surface area contributed by atoms with Gasteiger partial charge in [-0.25, -0.2) is 0 Å². The number of rotatable bonds is 1. The second-order valence-electron chi connectivity index (χ2n) is 2.69. The number of phenolic OH excluding ortho intramolecular Hbond substituents is 1. The second kappa shape index (κ2) is 4.90. The van der Waals surface area contributed by atoms with E-state index in [1.54, 1.807) is 0 Å². The Bertz CT molecular complexity index is 464. The van der Waals surface area contributed by atoms with Crippen molar-refractivity contribution in [3.05, 3.63) is 23.3 Å². The third kappa shape index (κ3) is 2.40. The first-order valence-electron chi connectivity index (χ1n) is 4.23. The van der Waals surface area contributed by atoms with E-state index in [0.29, 0.717) is 11.1 Å². The van der Waals surface area contributed by atoms with Crippen LogP contribution in [-0.2, 0) is 0 Å². The van der Waals surface area contributed by atoms with Crippen LogP contribution < -0.4 is 10.5 Å². The highest BCUT2D eigenvalue weighted by atomic mass is 16.5. The highest BCUT2D eigenvalue weighted by Gasteiger charge is 2.08. The van der Waals surface area contributed by atoms with E-state index in [9.17, 15) is 5.11 Å². The number of aromatic hydroxyl groups is 1. The molecular weight excluding hydrogens is 192 g/mol. The molecule has 0 spiro atoms. The summed E-state index contributed by atoms with van der Waals surface area (Å²) in [4.78, 5) is 0. The Morgan fingerprint density at radius 1 is 1.53 bits per heavy atom. The van der Waals surface area contributed by atoms with Crippen molar-refractivity contribution < 1.29 is 9.84 Å². The summed E-state index contributed by atoms with van der Waals surface area (Å²) in [5, 5.41) is 18.4. The van der Waals surface area contributed by atoms with Crippen molar-refractivity contribution in [2.75, 3.05) is 13.7 Å². The molecule has 1 rings (SSSR count). The largest absolute Gasteiger partial charge is 0.503 e. The van der Waals surface area contributed by atoms with Crippen LogP contribution in [0.25, 0.3) is 0 Å². The van der Waals surface area contributed by atoms with Crippen LogP contribution in [-0.4, -0.2) is 18.8 Å². The van der Waals surface area contributed by atoms with E-state index in [2.05, 4.69) is 11.8 Å². The molecular formula is C11H10N2O2.